The van der Waals surface area contributed by atoms with Crippen molar-refractivity contribution in [3.8, 4) is 0 Å². The first kappa shape index (κ1) is 22.6. The molecule has 3 N–H and O–H groups in total. The first-order chi connectivity index (χ1) is 14.2. The fourth-order valence-electron chi connectivity index (χ4n) is 2.67. The van der Waals surface area contributed by atoms with Gasteiger partial charge in [-0.25, -0.2) is 4.79 Å². The summed E-state index contributed by atoms with van der Waals surface area (Å²) >= 11 is 0. The Bertz CT molecular complexity index is 928. The minimum atomic E-state index is -0.758. The van der Waals surface area contributed by atoms with E-state index in [2.05, 4.69) is 16.0 Å². The van der Waals surface area contributed by atoms with Gasteiger partial charge in [-0.1, -0.05) is 35.9 Å². The lowest BCUT2D eigenvalue weighted by molar-refractivity contribution is -0.148. The number of carbonyl (C=O) groups excluding carboxylic acids is 4. The van der Waals surface area contributed by atoms with Crippen LogP contribution in [0.3, 0.4) is 0 Å². The van der Waals surface area contributed by atoms with Crippen LogP contribution in [-0.4, -0.2) is 36.5 Å². The Morgan fingerprint density at radius 2 is 1.70 bits per heavy atom. The van der Waals surface area contributed by atoms with Gasteiger partial charge in [0.2, 0.25) is 0 Å². The maximum absolute atomic E-state index is 12.0. The molecule has 8 heteroatoms. The van der Waals surface area contributed by atoms with Crippen molar-refractivity contribution in [1.29, 1.82) is 0 Å². The lowest BCUT2D eigenvalue weighted by Gasteiger charge is -2.13. The van der Waals surface area contributed by atoms with Crippen LogP contribution in [0.5, 0.6) is 0 Å². The first-order valence-electron chi connectivity index (χ1n) is 9.44. The summed E-state index contributed by atoms with van der Waals surface area (Å²) in [7, 11) is 0. The number of imide groups is 1. The molecule has 30 heavy (non-hydrogen) atoms. The molecule has 0 aliphatic rings. The third-order valence-corrected chi connectivity index (χ3v) is 4.13. The summed E-state index contributed by atoms with van der Waals surface area (Å²) in [5, 5.41) is 7.34. The van der Waals surface area contributed by atoms with E-state index in [-0.39, 0.29) is 12.3 Å². The largest absolute Gasteiger partial charge is 0.455 e. The number of nitrogens with one attached hydrogen (secondary N) is 3. The quantitative estimate of drug-likeness (QED) is 0.606. The molecule has 2 aromatic rings. The Labute approximate surface area is 175 Å². The van der Waals surface area contributed by atoms with Gasteiger partial charge in [0, 0.05) is 17.3 Å². The number of carbonyl (C=O) groups is 4. The van der Waals surface area contributed by atoms with E-state index in [1.165, 1.54) is 0 Å². The van der Waals surface area contributed by atoms with Crippen molar-refractivity contribution in [2.45, 2.75) is 33.2 Å². The summed E-state index contributed by atoms with van der Waals surface area (Å²) < 4.78 is 4.87. The van der Waals surface area contributed by atoms with Gasteiger partial charge in [-0.05, 0) is 44.5 Å². The molecule has 4 amide bonds. The molecule has 2 aromatic carbocycles. The monoisotopic (exact) mass is 411 g/mol. The highest BCUT2D eigenvalue weighted by Gasteiger charge is 2.16. The van der Waals surface area contributed by atoms with Gasteiger partial charge in [0.25, 0.3) is 11.8 Å². The van der Waals surface area contributed by atoms with Gasteiger partial charge in [-0.2, -0.15) is 0 Å². The number of anilines is 1. The van der Waals surface area contributed by atoms with Crippen LogP contribution in [0, 0.1) is 13.8 Å². The van der Waals surface area contributed by atoms with E-state index in [9.17, 15) is 19.2 Å². The Hall–Kier alpha value is -3.68. The molecule has 0 saturated heterocycles. The number of aryl methyl sites for hydroxylation is 2. The Morgan fingerprint density at radius 1 is 1.00 bits per heavy atom. The maximum atomic E-state index is 12.0. The molecular weight excluding hydrogens is 386 g/mol. The van der Waals surface area contributed by atoms with Crippen LogP contribution in [-0.2, 0) is 14.3 Å². The van der Waals surface area contributed by atoms with Gasteiger partial charge < -0.3 is 15.4 Å². The van der Waals surface area contributed by atoms with Crippen LogP contribution >= 0.6 is 0 Å². The lowest BCUT2D eigenvalue weighted by atomic mass is 10.1. The lowest BCUT2D eigenvalue weighted by Crippen LogP contribution is -2.38. The molecule has 0 aliphatic carbocycles. The average molecular weight is 411 g/mol. The second kappa shape index (κ2) is 10.8. The zero-order valence-electron chi connectivity index (χ0n) is 17.2. The van der Waals surface area contributed by atoms with Crippen LogP contribution in [0.4, 0.5) is 10.5 Å². The number of ether oxygens (including phenoxy) is 1. The highest BCUT2D eigenvalue weighted by molar-refractivity contribution is 6.02. The van der Waals surface area contributed by atoms with Gasteiger partial charge in [-0.15, -0.1) is 0 Å². The molecule has 0 heterocycles. The Morgan fingerprint density at radius 3 is 2.37 bits per heavy atom. The van der Waals surface area contributed by atoms with E-state index >= 15 is 0 Å². The average Bonchev–Trinajstić information content (AvgIpc) is 2.69. The number of hydrogen-bond donors (Lipinski definition) is 3. The van der Waals surface area contributed by atoms with E-state index in [4.69, 9.17) is 4.74 Å². The van der Waals surface area contributed by atoms with E-state index in [1.54, 1.807) is 43.3 Å². The minimum Gasteiger partial charge on any atom is -0.455 e. The van der Waals surface area contributed by atoms with Crippen molar-refractivity contribution in [1.82, 2.24) is 10.6 Å². The van der Waals surface area contributed by atoms with Gasteiger partial charge in [0.05, 0.1) is 6.42 Å². The highest BCUT2D eigenvalue weighted by atomic mass is 16.5. The molecular formula is C22H25N3O5. The maximum Gasteiger partial charge on any atom is 0.325 e. The number of urea groups is 1. The smallest absolute Gasteiger partial charge is 0.325 e. The molecule has 158 valence electrons. The van der Waals surface area contributed by atoms with Gasteiger partial charge >= 0.3 is 12.0 Å². The van der Waals surface area contributed by atoms with Crippen molar-refractivity contribution in [3.63, 3.8) is 0 Å². The van der Waals surface area contributed by atoms with Gasteiger partial charge in [0.1, 0.15) is 0 Å². The van der Waals surface area contributed by atoms with Crippen LogP contribution in [0.2, 0.25) is 0 Å². The normalized spacial score (nSPS) is 11.2. The number of amides is 4. The first-order valence-corrected chi connectivity index (χ1v) is 9.44. The zero-order chi connectivity index (χ0) is 22.1. The number of esters is 1. The van der Waals surface area contributed by atoms with Gasteiger partial charge in [0.15, 0.2) is 6.61 Å². The molecule has 0 spiro atoms. The number of hydrogen-bond acceptors (Lipinski definition) is 5. The van der Waals surface area contributed by atoms with Crippen molar-refractivity contribution < 1.29 is 23.9 Å². The van der Waals surface area contributed by atoms with Gasteiger partial charge in [-0.3, -0.25) is 19.7 Å². The predicted molar refractivity (Wildman–Crippen MR) is 112 cm³/mol. The summed E-state index contributed by atoms with van der Waals surface area (Å²) in [6.45, 7) is 4.82. The number of benzene rings is 2. The van der Waals surface area contributed by atoms with Crippen LogP contribution in [0.15, 0.2) is 48.5 Å². The van der Waals surface area contributed by atoms with E-state index < -0.39 is 30.6 Å². The van der Waals surface area contributed by atoms with Crippen molar-refractivity contribution in [2.24, 2.45) is 0 Å². The van der Waals surface area contributed by atoms with Crippen LogP contribution in [0.25, 0.3) is 0 Å². The van der Waals surface area contributed by atoms with Crippen molar-refractivity contribution in [3.05, 3.63) is 65.2 Å². The third-order valence-electron chi connectivity index (χ3n) is 4.13. The zero-order valence-corrected chi connectivity index (χ0v) is 17.2. The molecule has 1 unspecified atom stereocenters. The Balaban J connectivity index is 1.71. The summed E-state index contributed by atoms with van der Waals surface area (Å²) in [6, 6.07) is 12.9. The Kier molecular flexibility index (Phi) is 8.10. The minimum absolute atomic E-state index is 0.111. The molecule has 0 bridgehead atoms. The second-order valence-corrected chi connectivity index (χ2v) is 6.93. The summed E-state index contributed by atoms with van der Waals surface area (Å²) in [5.41, 5.74) is 2.96. The molecule has 0 saturated carbocycles. The predicted octanol–water partition coefficient (Wildman–Crippen LogP) is 2.70. The van der Waals surface area contributed by atoms with Crippen LogP contribution in [0.1, 0.15) is 34.8 Å². The highest BCUT2D eigenvalue weighted by Crippen LogP contribution is 2.15. The van der Waals surface area contributed by atoms with Crippen molar-refractivity contribution >= 4 is 29.5 Å². The molecule has 2 rings (SSSR count). The van der Waals surface area contributed by atoms with E-state index in [1.807, 2.05) is 26.0 Å². The fraction of sp³-hybridized carbons (Fsp3) is 0.273. The SMILES string of the molecule is Cc1ccc(NC(=O)NC(=O)COC(=O)CC(C)NC(=O)c2ccccc2)c(C)c1. The molecule has 0 fully saturated rings. The molecule has 8 nitrogen and oxygen atoms in total. The third kappa shape index (κ3) is 7.38. The fourth-order valence-corrected chi connectivity index (χ4v) is 2.67. The summed E-state index contributed by atoms with van der Waals surface area (Å²) in [4.78, 5) is 47.6. The number of rotatable bonds is 7. The van der Waals surface area contributed by atoms with Crippen LogP contribution < -0.4 is 16.0 Å². The van der Waals surface area contributed by atoms with E-state index in [0.717, 1.165) is 11.1 Å². The summed E-state index contributed by atoms with van der Waals surface area (Å²) in [5.74, 6) is -1.73. The van der Waals surface area contributed by atoms with E-state index in [0.29, 0.717) is 11.3 Å². The molecule has 0 aliphatic heterocycles. The second-order valence-electron chi connectivity index (χ2n) is 6.93. The molecule has 1 atom stereocenters. The van der Waals surface area contributed by atoms with Crippen molar-refractivity contribution in [2.75, 3.05) is 11.9 Å². The standard InChI is InChI=1S/C22H25N3O5/c1-14-9-10-18(15(2)11-14)24-22(29)25-19(26)13-30-20(27)12-16(3)23-21(28)17-7-5-4-6-8-17/h4-11,16H,12-13H2,1-3H3,(H,23,28)(H2,24,25,26,29). The molecule has 0 radical (unpaired) electrons. The topological polar surface area (TPSA) is 114 Å². The summed E-state index contributed by atoms with van der Waals surface area (Å²) in [6.07, 6.45) is -0.111. The molecule has 0 aromatic heterocycles.